The van der Waals surface area contributed by atoms with E-state index in [1.54, 1.807) is 0 Å². The Labute approximate surface area is 97.8 Å². The molecule has 1 fully saturated rings. The van der Waals surface area contributed by atoms with E-state index < -0.39 is 0 Å². The number of rotatable bonds is 2. The van der Waals surface area contributed by atoms with Crippen LogP contribution in [0.4, 0.5) is 5.69 Å². The number of hydrogen-bond donors (Lipinski definition) is 1. The molecule has 1 aromatic carbocycles. The summed E-state index contributed by atoms with van der Waals surface area (Å²) in [5.41, 5.74) is 7.77. The molecular formula is C14H21NO. The molecule has 2 atom stereocenters. The Morgan fingerprint density at radius 3 is 2.75 bits per heavy atom. The number of anilines is 1. The van der Waals surface area contributed by atoms with Gasteiger partial charge < -0.3 is 10.5 Å². The highest BCUT2D eigenvalue weighted by Crippen LogP contribution is 2.28. The molecule has 2 N–H and O–H groups in total. The number of nitrogens with two attached hydrogens (primary N) is 1. The zero-order valence-electron chi connectivity index (χ0n) is 10.2. The largest absolute Gasteiger partial charge is 0.490 e. The van der Waals surface area contributed by atoms with Crippen molar-refractivity contribution in [1.82, 2.24) is 0 Å². The van der Waals surface area contributed by atoms with E-state index in [0.717, 1.165) is 17.4 Å². The smallest absolute Gasteiger partial charge is 0.122 e. The van der Waals surface area contributed by atoms with E-state index in [1.807, 2.05) is 19.1 Å². The highest BCUT2D eigenvalue weighted by Gasteiger charge is 2.20. The Morgan fingerprint density at radius 2 is 2.06 bits per heavy atom. The van der Waals surface area contributed by atoms with Crippen molar-refractivity contribution in [3.63, 3.8) is 0 Å². The number of ether oxygens (including phenoxy) is 1. The van der Waals surface area contributed by atoms with Crippen molar-refractivity contribution < 1.29 is 4.74 Å². The van der Waals surface area contributed by atoms with Crippen molar-refractivity contribution in [1.29, 1.82) is 0 Å². The molecule has 0 spiro atoms. The van der Waals surface area contributed by atoms with E-state index in [4.69, 9.17) is 10.5 Å². The van der Waals surface area contributed by atoms with Crippen LogP contribution in [-0.2, 0) is 0 Å². The fourth-order valence-corrected chi connectivity index (χ4v) is 2.52. The van der Waals surface area contributed by atoms with Crippen LogP contribution < -0.4 is 10.5 Å². The van der Waals surface area contributed by atoms with E-state index in [-0.39, 0.29) is 0 Å². The number of nitrogen functional groups attached to an aromatic ring is 1. The van der Waals surface area contributed by atoms with Gasteiger partial charge in [0.25, 0.3) is 0 Å². The summed E-state index contributed by atoms with van der Waals surface area (Å²) < 4.78 is 6.01. The summed E-state index contributed by atoms with van der Waals surface area (Å²) in [6.07, 6.45) is 5.36. The molecule has 0 aliphatic heterocycles. The average Bonchev–Trinajstić information content (AvgIpc) is 2.15. The summed E-state index contributed by atoms with van der Waals surface area (Å²) in [5.74, 6) is 1.72. The van der Waals surface area contributed by atoms with Crippen LogP contribution >= 0.6 is 0 Å². The third-order valence-electron chi connectivity index (χ3n) is 3.26. The minimum atomic E-state index is 0.380. The first-order chi connectivity index (χ1) is 7.63. The lowest BCUT2D eigenvalue weighted by atomic mass is 9.89. The maximum Gasteiger partial charge on any atom is 0.122 e. The molecule has 1 aromatic rings. The second-order valence-electron chi connectivity index (χ2n) is 5.09. The van der Waals surface area contributed by atoms with E-state index in [9.17, 15) is 0 Å². The van der Waals surface area contributed by atoms with Crippen LogP contribution in [-0.4, -0.2) is 6.10 Å². The van der Waals surface area contributed by atoms with Crippen LogP contribution in [0.25, 0.3) is 0 Å². The average molecular weight is 219 g/mol. The molecule has 0 amide bonds. The Morgan fingerprint density at radius 1 is 1.25 bits per heavy atom. The monoisotopic (exact) mass is 219 g/mol. The van der Waals surface area contributed by atoms with Crippen LogP contribution in [0.15, 0.2) is 18.2 Å². The van der Waals surface area contributed by atoms with Crippen LogP contribution in [0.1, 0.15) is 38.2 Å². The summed E-state index contributed by atoms with van der Waals surface area (Å²) in [6, 6.07) is 5.96. The third kappa shape index (κ3) is 2.91. The van der Waals surface area contributed by atoms with Crippen molar-refractivity contribution in [2.45, 2.75) is 45.6 Å². The standard InChI is InChI=1S/C14H21NO/c1-10-4-3-5-13(7-10)16-14-8-11(2)6-12(15)9-14/h6,8-10,13H,3-5,7,15H2,1-2H3. The van der Waals surface area contributed by atoms with Gasteiger partial charge in [-0.05, 0) is 49.8 Å². The normalized spacial score (nSPS) is 25.4. The maximum absolute atomic E-state index is 6.01. The fraction of sp³-hybridized carbons (Fsp3) is 0.571. The number of hydrogen-bond acceptors (Lipinski definition) is 2. The first-order valence-electron chi connectivity index (χ1n) is 6.17. The lowest BCUT2D eigenvalue weighted by molar-refractivity contribution is 0.129. The van der Waals surface area contributed by atoms with Crippen LogP contribution in [0, 0.1) is 12.8 Å². The maximum atomic E-state index is 6.01. The summed E-state index contributed by atoms with van der Waals surface area (Å²) in [4.78, 5) is 0. The summed E-state index contributed by atoms with van der Waals surface area (Å²) in [6.45, 7) is 4.35. The lowest BCUT2D eigenvalue weighted by Crippen LogP contribution is -2.24. The van der Waals surface area contributed by atoms with E-state index in [0.29, 0.717) is 6.10 Å². The zero-order chi connectivity index (χ0) is 11.5. The van der Waals surface area contributed by atoms with Crippen molar-refractivity contribution in [3.8, 4) is 5.75 Å². The Bertz CT molecular complexity index is 342. The highest BCUT2D eigenvalue weighted by molar-refractivity contribution is 5.47. The predicted molar refractivity (Wildman–Crippen MR) is 67.6 cm³/mol. The molecule has 1 saturated carbocycles. The molecule has 0 aromatic heterocycles. The van der Waals surface area contributed by atoms with Gasteiger partial charge in [0.05, 0.1) is 6.10 Å². The minimum Gasteiger partial charge on any atom is -0.490 e. The molecule has 16 heavy (non-hydrogen) atoms. The van der Waals surface area contributed by atoms with Crippen LogP contribution in [0.2, 0.25) is 0 Å². The van der Waals surface area contributed by atoms with Crippen molar-refractivity contribution in [3.05, 3.63) is 23.8 Å². The molecule has 0 bridgehead atoms. The highest BCUT2D eigenvalue weighted by atomic mass is 16.5. The van der Waals surface area contributed by atoms with Gasteiger partial charge in [-0.3, -0.25) is 0 Å². The van der Waals surface area contributed by atoms with E-state index in [2.05, 4.69) is 13.0 Å². The van der Waals surface area contributed by atoms with Gasteiger partial charge in [0.1, 0.15) is 5.75 Å². The Balaban J connectivity index is 2.02. The SMILES string of the molecule is Cc1cc(N)cc(OC2CCCC(C)C2)c1. The molecule has 2 nitrogen and oxygen atoms in total. The van der Waals surface area contributed by atoms with Crippen LogP contribution in [0.5, 0.6) is 5.75 Å². The van der Waals surface area contributed by atoms with Crippen LogP contribution in [0.3, 0.4) is 0 Å². The molecule has 1 aliphatic carbocycles. The van der Waals surface area contributed by atoms with Gasteiger partial charge in [0.15, 0.2) is 0 Å². The van der Waals surface area contributed by atoms with Gasteiger partial charge in [-0.15, -0.1) is 0 Å². The Kier molecular flexibility index (Phi) is 3.37. The molecule has 1 aliphatic rings. The van der Waals surface area contributed by atoms with Gasteiger partial charge in [0.2, 0.25) is 0 Å². The topological polar surface area (TPSA) is 35.2 Å². The predicted octanol–water partition coefficient (Wildman–Crippen LogP) is 3.53. The molecule has 0 heterocycles. The first kappa shape index (κ1) is 11.3. The molecule has 88 valence electrons. The second-order valence-corrected chi connectivity index (χ2v) is 5.09. The summed E-state index contributed by atoms with van der Waals surface area (Å²) in [5, 5.41) is 0. The second kappa shape index (κ2) is 4.77. The minimum absolute atomic E-state index is 0.380. The summed E-state index contributed by atoms with van der Waals surface area (Å²) >= 11 is 0. The quantitative estimate of drug-likeness (QED) is 0.772. The molecule has 0 saturated heterocycles. The van der Waals surface area contributed by atoms with E-state index in [1.165, 1.54) is 31.2 Å². The summed E-state index contributed by atoms with van der Waals surface area (Å²) in [7, 11) is 0. The first-order valence-corrected chi connectivity index (χ1v) is 6.17. The third-order valence-corrected chi connectivity index (χ3v) is 3.26. The van der Waals surface area contributed by atoms with Crippen molar-refractivity contribution >= 4 is 5.69 Å². The fourth-order valence-electron chi connectivity index (χ4n) is 2.52. The lowest BCUT2D eigenvalue weighted by Gasteiger charge is -2.27. The Hall–Kier alpha value is -1.18. The molecule has 2 unspecified atom stereocenters. The number of aryl methyl sites for hydroxylation is 1. The van der Waals surface area contributed by atoms with Gasteiger partial charge in [0, 0.05) is 11.8 Å². The number of benzene rings is 1. The molecule has 2 rings (SSSR count). The van der Waals surface area contributed by atoms with Gasteiger partial charge in [-0.2, -0.15) is 0 Å². The van der Waals surface area contributed by atoms with Gasteiger partial charge in [-0.25, -0.2) is 0 Å². The molecule has 2 heteroatoms. The van der Waals surface area contributed by atoms with E-state index >= 15 is 0 Å². The molecular weight excluding hydrogens is 198 g/mol. The van der Waals surface area contributed by atoms with Gasteiger partial charge in [-0.1, -0.05) is 13.3 Å². The molecule has 0 radical (unpaired) electrons. The van der Waals surface area contributed by atoms with Crippen molar-refractivity contribution in [2.24, 2.45) is 5.92 Å². The van der Waals surface area contributed by atoms with Gasteiger partial charge >= 0.3 is 0 Å². The zero-order valence-corrected chi connectivity index (χ0v) is 10.2. The van der Waals surface area contributed by atoms with Crippen molar-refractivity contribution in [2.75, 3.05) is 5.73 Å².